The van der Waals surface area contributed by atoms with Crippen molar-refractivity contribution in [2.45, 2.75) is 18.7 Å². The quantitative estimate of drug-likeness (QED) is 0.572. The number of aryl methyl sites for hydroxylation is 2. The molecule has 0 bridgehead atoms. The van der Waals surface area contributed by atoms with Crippen molar-refractivity contribution in [3.05, 3.63) is 44.8 Å². The van der Waals surface area contributed by atoms with E-state index in [4.69, 9.17) is 16.1 Å². The van der Waals surface area contributed by atoms with E-state index >= 15 is 0 Å². The number of rotatable bonds is 4. The summed E-state index contributed by atoms with van der Waals surface area (Å²) >= 11 is 5.84. The smallest absolute Gasteiger partial charge is 0.294 e. The number of nitrogens with zero attached hydrogens (tertiary/aromatic N) is 4. The van der Waals surface area contributed by atoms with Crippen LogP contribution in [-0.4, -0.2) is 49.0 Å². The van der Waals surface area contributed by atoms with Gasteiger partial charge in [0.2, 0.25) is 10.0 Å². The van der Waals surface area contributed by atoms with Gasteiger partial charge in [0.15, 0.2) is 5.76 Å². The van der Waals surface area contributed by atoms with Gasteiger partial charge in [0.05, 0.1) is 4.92 Å². The Balaban J connectivity index is 1.81. The van der Waals surface area contributed by atoms with Crippen LogP contribution in [0.4, 0.5) is 11.4 Å². The van der Waals surface area contributed by atoms with E-state index in [0.717, 1.165) is 0 Å². The van der Waals surface area contributed by atoms with Gasteiger partial charge < -0.3 is 9.42 Å². The zero-order valence-electron chi connectivity index (χ0n) is 14.2. The monoisotopic (exact) mass is 400 g/mol. The Morgan fingerprint density at radius 1 is 1.23 bits per heavy atom. The third kappa shape index (κ3) is 3.27. The van der Waals surface area contributed by atoms with E-state index in [1.165, 1.54) is 10.4 Å². The minimum Gasteiger partial charge on any atom is -0.363 e. The second-order valence-electron chi connectivity index (χ2n) is 5.93. The lowest BCUT2D eigenvalue weighted by molar-refractivity contribution is -0.384. The molecule has 2 aromatic rings. The normalized spacial score (nSPS) is 16.0. The maximum Gasteiger partial charge on any atom is 0.294 e. The van der Waals surface area contributed by atoms with Gasteiger partial charge in [-0.1, -0.05) is 16.8 Å². The van der Waals surface area contributed by atoms with E-state index in [2.05, 4.69) is 5.16 Å². The molecule has 3 rings (SSSR count). The number of nitro benzene ring substituents is 1. The molecule has 0 amide bonds. The first-order valence-corrected chi connectivity index (χ1v) is 9.65. The minimum atomic E-state index is -3.72. The second-order valence-corrected chi connectivity index (χ2v) is 8.25. The predicted molar refractivity (Wildman–Crippen MR) is 95.1 cm³/mol. The Kier molecular flexibility index (Phi) is 4.91. The van der Waals surface area contributed by atoms with Crippen LogP contribution in [0.1, 0.15) is 11.5 Å². The Morgan fingerprint density at radius 3 is 2.42 bits per heavy atom. The van der Waals surface area contributed by atoms with Crippen LogP contribution >= 0.6 is 11.6 Å². The van der Waals surface area contributed by atoms with Crippen LogP contribution < -0.4 is 4.90 Å². The van der Waals surface area contributed by atoms with Gasteiger partial charge in [-0.3, -0.25) is 10.1 Å². The van der Waals surface area contributed by atoms with Crippen molar-refractivity contribution in [2.75, 3.05) is 31.1 Å². The van der Waals surface area contributed by atoms with Gasteiger partial charge in [0, 0.05) is 37.3 Å². The van der Waals surface area contributed by atoms with Gasteiger partial charge in [-0.2, -0.15) is 4.31 Å². The molecule has 0 unspecified atom stereocenters. The highest BCUT2D eigenvalue weighted by molar-refractivity contribution is 7.89. The summed E-state index contributed by atoms with van der Waals surface area (Å²) in [7, 11) is -3.72. The van der Waals surface area contributed by atoms with Crippen molar-refractivity contribution >= 4 is 33.0 Å². The molecule has 0 aliphatic carbocycles. The second kappa shape index (κ2) is 6.86. The van der Waals surface area contributed by atoms with Crippen LogP contribution in [0.3, 0.4) is 0 Å². The zero-order chi connectivity index (χ0) is 19.1. The fraction of sp³-hybridized carbons (Fsp3) is 0.400. The summed E-state index contributed by atoms with van der Waals surface area (Å²) in [5.74, 6) is 0.248. The standard InChI is InChI=1S/C15H17ClN4O5S/c1-10-15(11(2)25-17-10)26(23,24)19-7-5-18(6-8-19)13-4-3-12(16)9-14(13)20(21)22/h3-4,9H,5-8H2,1-2H3. The molecule has 2 heterocycles. The van der Waals surface area contributed by atoms with Crippen LogP contribution in [0.25, 0.3) is 0 Å². The van der Waals surface area contributed by atoms with Crippen LogP contribution in [-0.2, 0) is 10.0 Å². The Morgan fingerprint density at radius 2 is 1.88 bits per heavy atom. The Bertz CT molecular complexity index is 931. The first-order chi connectivity index (χ1) is 12.2. The van der Waals surface area contributed by atoms with Gasteiger partial charge >= 0.3 is 0 Å². The molecule has 9 nitrogen and oxygen atoms in total. The van der Waals surface area contributed by atoms with Crippen molar-refractivity contribution in [3.8, 4) is 0 Å². The molecule has 11 heteroatoms. The number of sulfonamides is 1. The van der Waals surface area contributed by atoms with Crippen LogP contribution in [0.5, 0.6) is 0 Å². The third-order valence-electron chi connectivity index (χ3n) is 4.28. The van der Waals surface area contributed by atoms with E-state index in [9.17, 15) is 18.5 Å². The van der Waals surface area contributed by atoms with Gasteiger partial charge in [0.1, 0.15) is 16.3 Å². The SMILES string of the molecule is Cc1noc(C)c1S(=O)(=O)N1CCN(c2ccc(Cl)cc2[N+](=O)[O-])CC1. The number of halogens is 1. The Hall–Kier alpha value is -2.17. The molecule has 0 atom stereocenters. The largest absolute Gasteiger partial charge is 0.363 e. The molecule has 0 radical (unpaired) electrons. The lowest BCUT2D eigenvalue weighted by Gasteiger charge is -2.35. The highest BCUT2D eigenvalue weighted by Gasteiger charge is 2.34. The average Bonchev–Trinajstić information content (AvgIpc) is 2.94. The summed E-state index contributed by atoms with van der Waals surface area (Å²) in [5.41, 5.74) is 0.645. The van der Waals surface area contributed by atoms with Gasteiger partial charge in [-0.15, -0.1) is 0 Å². The molecule has 26 heavy (non-hydrogen) atoms. The maximum atomic E-state index is 12.8. The molecule has 1 aromatic heterocycles. The lowest BCUT2D eigenvalue weighted by atomic mass is 10.2. The molecule has 1 aliphatic heterocycles. The van der Waals surface area contributed by atoms with Crippen LogP contribution in [0.2, 0.25) is 5.02 Å². The third-order valence-corrected chi connectivity index (χ3v) is 6.66. The number of nitro groups is 1. The van der Waals surface area contributed by atoms with E-state index < -0.39 is 14.9 Å². The highest BCUT2D eigenvalue weighted by atomic mass is 35.5. The number of piperazine rings is 1. The predicted octanol–water partition coefficient (Wildman–Crippen LogP) is 2.36. The summed E-state index contributed by atoms with van der Waals surface area (Å²) < 4.78 is 32.0. The van der Waals surface area contributed by atoms with Crippen LogP contribution in [0.15, 0.2) is 27.6 Å². The topological polar surface area (TPSA) is 110 Å². The van der Waals surface area contributed by atoms with Crippen molar-refractivity contribution in [1.29, 1.82) is 0 Å². The first-order valence-electron chi connectivity index (χ1n) is 7.83. The molecule has 1 fully saturated rings. The summed E-state index contributed by atoms with van der Waals surface area (Å²) in [6, 6.07) is 4.46. The Labute approximate surface area is 155 Å². The zero-order valence-corrected chi connectivity index (χ0v) is 15.7. The summed E-state index contributed by atoms with van der Waals surface area (Å²) in [6.45, 7) is 4.19. The van der Waals surface area contributed by atoms with Gasteiger partial charge in [-0.05, 0) is 26.0 Å². The average molecular weight is 401 g/mol. The molecular formula is C15H17ClN4O5S. The van der Waals surface area contributed by atoms with Gasteiger partial charge in [0.25, 0.3) is 5.69 Å². The molecule has 0 saturated carbocycles. The summed E-state index contributed by atoms with van der Waals surface area (Å²) in [4.78, 5) is 12.6. The maximum absolute atomic E-state index is 12.8. The number of aromatic nitrogens is 1. The number of benzene rings is 1. The number of anilines is 1. The molecule has 0 spiro atoms. The molecule has 1 saturated heterocycles. The number of hydrogen-bond donors (Lipinski definition) is 0. The summed E-state index contributed by atoms with van der Waals surface area (Å²) in [5, 5.41) is 15.2. The van der Waals surface area contributed by atoms with E-state index in [0.29, 0.717) is 24.5 Å². The van der Waals surface area contributed by atoms with Crippen molar-refractivity contribution in [3.63, 3.8) is 0 Å². The molecular weight excluding hydrogens is 384 g/mol. The lowest BCUT2D eigenvalue weighted by Crippen LogP contribution is -2.49. The fourth-order valence-corrected chi connectivity index (χ4v) is 4.93. The van der Waals surface area contributed by atoms with Crippen molar-refractivity contribution in [1.82, 2.24) is 9.46 Å². The number of hydrogen-bond acceptors (Lipinski definition) is 7. The highest BCUT2D eigenvalue weighted by Crippen LogP contribution is 2.32. The van der Waals surface area contributed by atoms with Crippen molar-refractivity contribution < 1.29 is 17.9 Å². The first kappa shape index (κ1) is 18.6. The van der Waals surface area contributed by atoms with Crippen LogP contribution in [0, 0.1) is 24.0 Å². The fourth-order valence-electron chi connectivity index (χ4n) is 3.05. The molecule has 1 aromatic carbocycles. The van der Waals surface area contributed by atoms with Gasteiger partial charge in [-0.25, -0.2) is 8.42 Å². The van der Waals surface area contributed by atoms with E-state index in [-0.39, 0.29) is 34.5 Å². The van der Waals surface area contributed by atoms with E-state index in [1.54, 1.807) is 30.9 Å². The molecule has 1 aliphatic rings. The minimum absolute atomic E-state index is 0.0865. The molecule has 140 valence electrons. The van der Waals surface area contributed by atoms with Crippen molar-refractivity contribution in [2.24, 2.45) is 0 Å². The molecule has 0 N–H and O–H groups in total. The summed E-state index contributed by atoms with van der Waals surface area (Å²) in [6.07, 6.45) is 0. The van der Waals surface area contributed by atoms with E-state index in [1.807, 2.05) is 0 Å².